The first-order valence-corrected chi connectivity index (χ1v) is 6.11. The normalized spacial score (nSPS) is 10.5. The van der Waals surface area contributed by atoms with Gasteiger partial charge >= 0.3 is 5.69 Å². The van der Waals surface area contributed by atoms with Gasteiger partial charge in [-0.25, -0.2) is 4.68 Å². The van der Waals surface area contributed by atoms with Gasteiger partial charge in [-0.3, -0.25) is 10.1 Å². The summed E-state index contributed by atoms with van der Waals surface area (Å²) < 4.78 is 12.1. The summed E-state index contributed by atoms with van der Waals surface area (Å²) in [6, 6.07) is 4.20. The fourth-order valence-corrected chi connectivity index (χ4v) is 1.95. The quantitative estimate of drug-likeness (QED) is 0.668. The highest BCUT2D eigenvalue weighted by Gasteiger charge is 2.21. The lowest BCUT2D eigenvalue weighted by molar-refractivity contribution is -0.385. The van der Waals surface area contributed by atoms with E-state index in [2.05, 4.69) is 5.10 Å². The van der Waals surface area contributed by atoms with E-state index in [1.54, 1.807) is 14.0 Å². The van der Waals surface area contributed by atoms with E-state index in [1.807, 2.05) is 0 Å². The third kappa shape index (κ3) is 2.79. The second kappa shape index (κ2) is 5.80. The van der Waals surface area contributed by atoms with Crippen LogP contribution < -0.4 is 9.47 Å². The number of aliphatic hydroxyl groups excluding tert-OH is 1. The molecular formula is C13H15N3O5. The average molecular weight is 293 g/mol. The van der Waals surface area contributed by atoms with Crippen LogP contribution in [-0.4, -0.2) is 26.9 Å². The van der Waals surface area contributed by atoms with E-state index in [0.29, 0.717) is 17.0 Å². The number of benzene rings is 1. The fraction of sp³-hybridized carbons (Fsp3) is 0.308. The molecule has 1 N–H and O–H groups in total. The number of aliphatic hydroxyl groups is 1. The first kappa shape index (κ1) is 14.8. The number of methoxy groups -OCH3 is 1. The lowest BCUT2D eigenvalue weighted by Crippen LogP contribution is -2.00. The molecule has 0 spiro atoms. The number of aryl methyl sites for hydroxylation is 2. The molecule has 2 aromatic rings. The van der Waals surface area contributed by atoms with Gasteiger partial charge in [0.1, 0.15) is 5.75 Å². The van der Waals surface area contributed by atoms with Crippen LogP contribution in [0.2, 0.25) is 0 Å². The standard InChI is InChI=1S/C13H15N3O5/c1-8-10(7-17)13(15(2)14-8)21-12-6-9(20-3)4-5-11(12)16(18)19/h4-6,17H,7H2,1-3H3. The monoisotopic (exact) mass is 293 g/mol. The number of nitro benzene ring substituents is 1. The second-order valence-electron chi connectivity index (χ2n) is 4.34. The van der Waals surface area contributed by atoms with Gasteiger partial charge in [0.15, 0.2) is 0 Å². The van der Waals surface area contributed by atoms with Crippen LogP contribution >= 0.6 is 0 Å². The molecule has 0 aliphatic heterocycles. The van der Waals surface area contributed by atoms with Crippen molar-refractivity contribution < 1.29 is 19.5 Å². The van der Waals surface area contributed by atoms with Crippen LogP contribution in [0, 0.1) is 17.0 Å². The van der Waals surface area contributed by atoms with Gasteiger partial charge in [-0.05, 0) is 13.0 Å². The zero-order valence-corrected chi connectivity index (χ0v) is 11.9. The summed E-state index contributed by atoms with van der Waals surface area (Å²) in [4.78, 5) is 10.5. The van der Waals surface area contributed by atoms with Crippen molar-refractivity contribution in [2.24, 2.45) is 7.05 Å². The van der Waals surface area contributed by atoms with Gasteiger partial charge in [-0.2, -0.15) is 5.10 Å². The van der Waals surface area contributed by atoms with Crippen molar-refractivity contribution >= 4 is 5.69 Å². The summed E-state index contributed by atoms with van der Waals surface area (Å²) in [6.45, 7) is 1.45. The Labute approximate surface area is 120 Å². The summed E-state index contributed by atoms with van der Waals surface area (Å²) in [5, 5.41) is 24.6. The second-order valence-corrected chi connectivity index (χ2v) is 4.34. The Morgan fingerprint density at radius 3 is 2.76 bits per heavy atom. The summed E-state index contributed by atoms with van der Waals surface area (Å²) in [7, 11) is 3.09. The SMILES string of the molecule is COc1ccc([N+](=O)[O-])c(Oc2c(CO)c(C)nn2C)c1. The molecule has 0 atom stereocenters. The Kier molecular flexibility index (Phi) is 4.08. The number of hydrogen-bond acceptors (Lipinski definition) is 6. The molecule has 0 saturated heterocycles. The minimum Gasteiger partial charge on any atom is -0.497 e. The number of hydrogen-bond donors (Lipinski definition) is 1. The summed E-state index contributed by atoms with van der Waals surface area (Å²) in [6.07, 6.45) is 0. The van der Waals surface area contributed by atoms with E-state index in [9.17, 15) is 15.2 Å². The van der Waals surface area contributed by atoms with E-state index >= 15 is 0 Å². The molecule has 0 bridgehead atoms. The highest BCUT2D eigenvalue weighted by atomic mass is 16.6. The van der Waals surface area contributed by atoms with Gasteiger partial charge in [0.05, 0.1) is 29.9 Å². The zero-order valence-electron chi connectivity index (χ0n) is 11.9. The number of nitro groups is 1. The van der Waals surface area contributed by atoms with Gasteiger partial charge in [0.2, 0.25) is 11.6 Å². The number of rotatable bonds is 5. The molecule has 1 heterocycles. The van der Waals surface area contributed by atoms with Gasteiger partial charge in [-0.1, -0.05) is 0 Å². The molecule has 0 radical (unpaired) electrons. The molecular weight excluding hydrogens is 278 g/mol. The van der Waals surface area contributed by atoms with Gasteiger partial charge in [0, 0.05) is 19.2 Å². The molecule has 8 heteroatoms. The molecule has 8 nitrogen and oxygen atoms in total. The van der Waals surface area contributed by atoms with E-state index in [-0.39, 0.29) is 23.9 Å². The first-order valence-electron chi connectivity index (χ1n) is 6.11. The highest BCUT2D eigenvalue weighted by Crippen LogP contribution is 2.36. The topological polar surface area (TPSA) is 99.7 Å². The third-order valence-corrected chi connectivity index (χ3v) is 3.02. The summed E-state index contributed by atoms with van der Waals surface area (Å²) in [5.41, 5.74) is 0.883. The molecule has 0 amide bonds. The van der Waals surface area contributed by atoms with Crippen molar-refractivity contribution in [1.29, 1.82) is 0 Å². The Morgan fingerprint density at radius 1 is 1.48 bits per heavy atom. The van der Waals surface area contributed by atoms with Gasteiger partial charge in [0.25, 0.3) is 0 Å². The Morgan fingerprint density at radius 2 is 2.19 bits per heavy atom. The van der Waals surface area contributed by atoms with Gasteiger partial charge in [-0.15, -0.1) is 0 Å². The van der Waals surface area contributed by atoms with Crippen LogP contribution in [0.3, 0.4) is 0 Å². The minimum absolute atomic E-state index is 0.0250. The van der Waals surface area contributed by atoms with Crippen molar-refractivity contribution in [3.63, 3.8) is 0 Å². The van der Waals surface area contributed by atoms with Crippen LogP contribution in [0.4, 0.5) is 5.69 Å². The minimum atomic E-state index is -0.545. The molecule has 0 unspecified atom stereocenters. The maximum absolute atomic E-state index is 11.1. The molecule has 1 aromatic carbocycles. The summed E-state index contributed by atoms with van der Waals surface area (Å²) in [5.74, 6) is 0.712. The lowest BCUT2D eigenvalue weighted by atomic mass is 10.2. The molecule has 0 aliphatic carbocycles. The van der Waals surface area contributed by atoms with Crippen LogP contribution in [-0.2, 0) is 13.7 Å². The van der Waals surface area contributed by atoms with Crippen molar-refractivity contribution in [2.75, 3.05) is 7.11 Å². The molecule has 21 heavy (non-hydrogen) atoms. The number of nitrogens with zero attached hydrogens (tertiary/aromatic N) is 3. The van der Waals surface area contributed by atoms with Crippen LogP contribution in [0.15, 0.2) is 18.2 Å². The molecule has 1 aromatic heterocycles. The lowest BCUT2D eigenvalue weighted by Gasteiger charge is -2.09. The average Bonchev–Trinajstić information content (AvgIpc) is 2.72. The molecule has 0 saturated carbocycles. The number of aromatic nitrogens is 2. The van der Waals surface area contributed by atoms with Gasteiger partial charge < -0.3 is 14.6 Å². The molecule has 112 valence electrons. The fourth-order valence-electron chi connectivity index (χ4n) is 1.95. The predicted molar refractivity (Wildman–Crippen MR) is 73.6 cm³/mol. The Hall–Kier alpha value is -2.61. The first-order chi connectivity index (χ1) is 9.97. The molecule has 2 rings (SSSR count). The maximum atomic E-state index is 11.1. The van der Waals surface area contributed by atoms with E-state index in [1.165, 1.54) is 30.0 Å². The Balaban J connectivity index is 2.50. The van der Waals surface area contributed by atoms with Crippen molar-refractivity contribution in [2.45, 2.75) is 13.5 Å². The van der Waals surface area contributed by atoms with E-state index in [0.717, 1.165) is 0 Å². The maximum Gasteiger partial charge on any atom is 0.311 e. The van der Waals surface area contributed by atoms with Crippen molar-refractivity contribution in [3.05, 3.63) is 39.6 Å². The van der Waals surface area contributed by atoms with E-state index in [4.69, 9.17) is 9.47 Å². The van der Waals surface area contributed by atoms with E-state index < -0.39 is 4.92 Å². The van der Waals surface area contributed by atoms with Crippen molar-refractivity contribution in [1.82, 2.24) is 9.78 Å². The molecule has 0 fully saturated rings. The third-order valence-electron chi connectivity index (χ3n) is 3.02. The van der Waals surface area contributed by atoms with Crippen LogP contribution in [0.1, 0.15) is 11.3 Å². The smallest absolute Gasteiger partial charge is 0.311 e. The zero-order chi connectivity index (χ0) is 15.6. The number of ether oxygens (including phenoxy) is 2. The van der Waals surface area contributed by atoms with Crippen LogP contribution in [0.5, 0.6) is 17.4 Å². The summed E-state index contributed by atoms with van der Waals surface area (Å²) >= 11 is 0. The van der Waals surface area contributed by atoms with Crippen molar-refractivity contribution in [3.8, 4) is 17.4 Å². The van der Waals surface area contributed by atoms with Crippen LogP contribution in [0.25, 0.3) is 0 Å². The predicted octanol–water partition coefficient (Wildman–Crippen LogP) is 1.93. The largest absolute Gasteiger partial charge is 0.497 e. The Bertz CT molecular complexity index is 681. The highest BCUT2D eigenvalue weighted by molar-refractivity contribution is 5.52. The molecule has 0 aliphatic rings.